The zero-order chi connectivity index (χ0) is 18.2. The standard InChI is InChI=1S/C16H15F2N3O3S/c17-16(18)25-12-7-5-11(6-8-12)15(22)20-10-9-19-13-3-1-2-4-14(13)21(23)24/h1-8,16,19H,9-10H2,(H,20,22). The molecule has 0 aromatic heterocycles. The summed E-state index contributed by atoms with van der Waals surface area (Å²) in [6.45, 7) is 0.550. The van der Waals surface area contributed by atoms with Crippen molar-refractivity contribution in [2.24, 2.45) is 0 Å². The van der Waals surface area contributed by atoms with E-state index in [1.54, 1.807) is 18.2 Å². The molecule has 0 spiro atoms. The van der Waals surface area contributed by atoms with E-state index in [-0.39, 0.29) is 18.1 Å². The third-order valence-electron chi connectivity index (χ3n) is 3.17. The zero-order valence-electron chi connectivity index (χ0n) is 12.9. The molecule has 0 fully saturated rings. The molecule has 9 heteroatoms. The number of alkyl halides is 2. The number of hydrogen-bond donors (Lipinski definition) is 2. The van der Waals surface area contributed by atoms with Gasteiger partial charge in [0, 0.05) is 29.6 Å². The van der Waals surface area contributed by atoms with Gasteiger partial charge in [0.15, 0.2) is 0 Å². The molecular formula is C16H15F2N3O3S. The lowest BCUT2D eigenvalue weighted by molar-refractivity contribution is -0.384. The van der Waals surface area contributed by atoms with E-state index in [1.165, 1.54) is 30.3 Å². The van der Waals surface area contributed by atoms with Gasteiger partial charge in [0.1, 0.15) is 5.69 Å². The Morgan fingerprint density at radius 2 is 1.80 bits per heavy atom. The number of nitro groups is 1. The maximum absolute atomic E-state index is 12.2. The summed E-state index contributed by atoms with van der Waals surface area (Å²) in [5, 5.41) is 16.4. The van der Waals surface area contributed by atoms with Gasteiger partial charge in [0.2, 0.25) is 0 Å². The van der Waals surface area contributed by atoms with Crippen molar-refractivity contribution in [2.45, 2.75) is 10.7 Å². The lowest BCUT2D eigenvalue weighted by Gasteiger charge is -2.09. The summed E-state index contributed by atoms with van der Waals surface area (Å²) in [5.74, 6) is -2.86. The molecule has 0 saturated heterocycles. The van der Waals surface area contributed by atoms with E-state index in [0.717, 1.165) is 0 Å². The van der Waals surface area contributed by atoms with Crippen LogP contribution in [0.3, 0.4) is 0 Å². The smallest absolute Gasteiger partial charge is 0.292 e. The Kier molecular flexibility index (Phi) is 6.70. The van der Waals surface area contributed by atoms with Gasteiger partial charge in [0.25, 0.3) is 17.4 Å². The summed E-state index contributed by atoms with van der Waals surface area (Å²) in [4.78, 5) is 22.7. The van der Waals surface area contributed by atoms with Crippen LogP contribution in [0.2, 0.25) is 0 Å². The lowest BCUT2D eigenvalue weighted by atomic mass is 10.2. The van der Waals surface area contributed by atoms with Gasteiger partial charge in [-0.3, -0.25) is 14.9 Å². The number of carbonyl (C=O) groups is 1. The van der Waals surface area contributed by atoms with Crippen molar-refractivity contribution in [1.82, 2.24) is 5.32 Å². The first-order chi connectivity index (χ1) is 12.0. The number of amides is 1. The molecule has 0 unspecified atom stereocenters. The van der Waals surface area contributed by atoms with E-state index in [9.17, 15) is 23.7 Å². The van der Waals surface area contributed by atoms with Crippen LogP contribution in [0.4, 0.5) is 20.2 Å². The molecule has 2 rings (SSSR count). The van der Waals surface area contributed by atoms with Crippen molar-refractivity contribution in [3.8, 4) is 0 Å². The van der Waals surface area contributed by atoms with Crippen LogP contribution in [0.25, 0.3) is 0 Å². The van der Waals surface area contributed by atoms with Gasteiger partial charge in [-0.05, 0) is 30.3 Å². The molecule has 0 heterocycles. The van der Waals surface area contributed by atoms with Gasteiger partial charge in [0.05, 0.1) is 4.92 Å². The summed E-state index contributed by atoms with van der Waals surface area (Å²) < 4.78 is 24.5. The number of thioether (sulfide) groups is 1. The first kappa shape index (κ1) is 18.7. The van der Waals surface area contributed by atoms with E-state index in [0.29, 0.717) is 34.5 Å². The van der Waals surface area contributed by atoms with Gasteiger partial charge in [-0.1, -0.05) is 23.9 Å². The summed E-state index contributed by atoms with van der Waals surface area (Å²) in [5.41, 5.74) is 0.681. The molecule has 0 atom stereocenters. The third-order valence-corrected chi connectivity index (χ3v) is 3.89. The van der Waals surface area contributed by atoms with E-state index in [4.69, 9.17) is 0 Å². The molecule has 1 amide bonds. The monoisotopic (exact) mass is 367 g/mol. The lowest BCUT2D eigenvalue weighted by Crippen LogP contribution is -2.28. The number of nitrogens with one attached hydrogen (secondary N) is 2. The predicted octanol–water partition coefficient (Wildman–Crippen LogP) is 3.75. The molecule has 0 saturated carbocycles. The van der Waals surface area contributed by atoms with Crippen molar-refractivity contribution in [2.75, 3.05) is 18.4 Å². The molecular weight excluding hydrogens is 352 g/mol. The second-order valence-corrected chi connectivity index (χ2v) is 5.92. The summed E-state index contributed by atoms with van der Waals surface area (Å²) in [6, 6.07) is 12.1. The Morgan fingerprint density at radius 3 is 2.44 bits per heavy atom. The van der Waals surface area contributed by atoms with Gasteiger partial charge in [-0.25, -0.2) is 0 Å². The van der Waals surface area contributed by atoms with Gasteiger partial charge >= 0.3 is 0 Å². The van der Waals surface area contributed by atoms with Crippen molar-refractivity contribution < 1.29 is 18.5 Å². The van der Waals surface area contributed by atoms with Gasteiger partial charge in [-0.15, -0.1) is 0 Å². The normalized spacial score (nSPS) is 10.5. The molecule has 0 radical (unpaired) electrons. The number of carbonyl (C=O) groups excluding carboxylic acids is 1. The van der Waals surface area contributed by atoms with Crippen LogP contribution in [0, 0.1) is 10.1 Å². The fraction of sp³-hybridized carbons (Fsp3) is 0.188. The summed E-state index contributed by atoms with van der Waals surface area (Å²) in [6.07, 6.45) is 0. The van der Waals surface area contributed by atoms with E-state index < -0.39 is 10.7 Å². The van der Waals surface area contributed by atoms with Crippen LogP contribution >= 0.6 is 11.8 Å². The molecule has 2 aromatic rings. The highest BCUT2D eigenvalue weighted by Crippen LogP contribution is 2.25. The maximum atomic E-state index is 12.2. The first-order valence-electron chi connectivity index (χ1n) is 7.27. The Bertz CT molecular complexity index is 742. The highest BCUT2D eigenvalue weighted by Gasteiger charge is 2.12. The largest absolute Gasteiger partial charge is 0.378 e. The number of para-hydroxylation sites is 2. The topological polar surface area (TPSA) is 84.3 Å². The second kappa shape index (κ2) is 8.97. The van der Waals surface area contributed by atoms with Crippen LogP contribution in [-0.4, -0.2) is 29.7 Å². The average molecular weight is 367 g/mol. The number of hydrogen-bond acceptors (Lipinski definition) is 5. The molecule has 2 N–H and O–H groups in total. The number of anilines is 1. The maximum Gasteiger partial charge on any atom is 0.292 e. The quantitative estimate of drug-likeness (QED) is 0.321. The Morgan fingerprint density at radius 1 is 1.12 bits per heavy atom. The highest BCUT2D eigenvalue weighted by atomic mass is 32.2. The molecule has 132 valence electrons. The number of nitrogens with zero attached hydrogens (tertiary/aromatic N) is 1. The number of nitro benzene ring substituents is 1. The predicted molar refractivity (Wildman–Crippen MR) is 92.2 cm³/mol. The number of halogens is 2. The Hall–Kier alpha value is -2.68. The van der Waals surface area contributed by atoms with Gasteiger partial charge < -0.3 is 10.6 Å². The molecule has 6 nitrogen and oxygen atoms in total. The molecule has 0 bridgehead atoms. The van der Waals surface area contributed by atoms with E-state index >= 15 is 0 Å². The molecule has 25 heavy (non-hydrogen) atoms. The number of benzene rings is 2. The fourth-order valence-electron chi connectivity index (χ4n) is 2.05. The minimum atomic E-state index is -2.51. The van der Waals surface area contributed by atoms with E-state index in [2.05, 4.69) is 10.6 Å². The van der Waals surface area contributed by atoms with Crippen LogP contribution in [0.5, 0.6) is 0 Å². The summed E-state index contributed by atoms with van der Waals surface area (Å²) in [7, 11) is 0. The van der Waals surface area contributed by atoms with E-state index in [1.807, 2.05) is 0 Å². The Balaban J connectivity index is 1.82. The fourth-order valence-corrected chi connectivity index (χ4v) is 2.54. The van der Waals surface area contributed by atoms with Crippen LogP contribution in [0.15, 0.2) is 53.4 Å². The van der Waals surface area contributed by atoms with Crippen molar-refractivity contribution in [1.29, 1.82) is 0 Å². The molecule has 0 aliphatic carbocycles. The minimum Gasteiger partial charge on any atom is -0.378 e. The molecule has 2 aromatic carbocycles. The highest BCUT2D eigenvalue weighted by molar-refractivity contribution is 7.99. The minimum absolute atomic E-state index is 0.0408. The number of rotatable bonds is 8. The SMILES string of the molecule is O=C(NCCNc1ccccc1[N+](=O)[O-])c1ccc(SC(F)F)cc1. The van der Waals surface area contributed by atoms with Crippen molar-refractivity contribution in [3.63, 3.8) is 0 Å². The third kappa shape index (κ3) is 5.71. The summed E-state index contributed by atoms with van der Waals surface area (Å²) >= 11 is 0.412. The average Bonchev–Trinajstić information content (AvgIpc) is 2.59. The van der Waals surface area contributed by atoms with Crippen LogP contribution in [0.1, 0.15) is 10.4 Å². The van der Waals surface area contributed by atoms with Crippen LogP contribution in [-0.2, 0) is 0 Å². The van der Waals surface area contributed by atoms with Crippen molar-refractivity contribution in [3.05, 3.63) is 64.2 Å². The molecule has 0 aliphatic rings. The molecule has 0 aliphatic heterocycles. The van der Waals surface area contributed by atoms with Crippen molar-refractivity contribution >= 4 is 29.0 Å². The van der Waals surface area contributed by atoms with Crippen LogP contribution < -0.4 is 10.6 Å². The second-order valence-electron chi connectivity index (χ2n) is 4.86. The Labute approximate surface area is 146 Å². The zero-order valence-corrected chi connectivity index (χ0v) is 13.8. The first-order valence-corrected chi connectivity index (χ1v) is 8.15. The van der Waals surface area contributed by atoms with Gasteiger partial charge in [-0.2, -0.15) is 8.78 Å².